The summed E-state index contributed by atoms with van der Waals surface area (Å²) < 4.78 is 5.84. The Kier molecular flexibility index (Phi) is 14.2. The standard InChI is InChI=1S/C16H15O.C9H13.C2H6Si.2ClH.Zr/c1-3-13-7-8-16(17-13)14-6-4-5-12-9-11(2)10-15(12)14;1-6-5-7(2)9(4)8(6)3;1-3-2;;;/h4-10H,3H2,1-2H3;6H,1-4H3;1-2H3;2*1H;/q2*-1;;;;+2. The fourth-order valence-corrected chi connectivity index (χ4v) is 3.47. The third-order valence-corrected chi connectivity index (χ3v) is 5.41. The molecule has 2 aromatic carbocycles. The third kappa shape index (κ3) is 8.56. The van der Waals surface area contributed by atoms with Crippen molar-refractivity contribution in [2.45, 2.75) is 61.1 Å². The van der Waals surface area contributed by atoms with Gasteiger partial charge in [-0.1, -0.05) is 46.6 Å². The molecule has 1 aliphatic rings. The van der Waals surface area contributed by atoms with Crippen LogP contribution >= 0.6 is 24.8 Å². The van der Waals surface area contributed by atoms with Crippen LogP contribution in [0.3, 0.4) is 0 Å². The molecule has 4 rings (SSSR count). The maximum atomic E-state index is 5.84. The second-order valence-corrected chi connectivity index (χ2v) is 17.6. The topological polar surface area (TPSA) is 13.1 Å². The van der Waals surface area contributed by atoms with Gasteiger partial charge in [-0.05, 0) is 17.7 Å². The van der Waals surface area contributed by atoms with Gasteiger partial charge in [0.2, 0.25) is 0 Å². The van der Waals surface area contributed by atoms with Crippen LogP contribution in [0, 0.1) is 18.9 Å². The van der Waals surface area contributed by atoms with Crippen LogP contribution in [-0.2, 0) is 29.8 Å². The number of halogens is 2. The molecule has 1 atom stereocenters. The van der Waals surface area contributed by atoms with Crippen molar-refractivity contribution in [3.63, 3.8) is 0 Å². The Morgan fingerprint density at radius 2 is 1.69 bits per heavy atom. The van der Waals surface area contributed by atoms with Crippen LogP contribution in [-0.4, -0.2) is 5.43 Å². The number of hydrogen-bond acceptors (Lipinski definition) is 1. The van der Waals surface area contributed by atoms with Crippen LogP contribution in [0.15, 0.2) is 63.6 Å². The quantitative estimate of drug-likeness (QED) is 0.223. The van der Waals surface area contributed by atoms with E-state index in [1.165, 1.54) is 38.6 Å². The summed E-state index contributed by atoms with van der Waals surface area (Å²) in [6.07, 6.45) is 4.30. The molecule has 0 saturated heterocycles. The first kappa shape index (κ1) is 31.3. The first-order chi connectivity index (χ1) is 14.1. The average Bonchev–Trinajstić information content (AvgIpc) is 3.36. The van der Waals surface area contributed by atoms with Gasteiger partial charge in [0.05, 0.1) is 0 Å². The van der Waals surface area contributed by atoms with E-state index < -0.39 is 0 Å². The number of benzene rings is 1. The Hall–Kier alpha value is -0.730. The summed E-state index contributed by atoms with van der Waals surface area (Å²) in [5.74, 6) is 2.57. The first-order valence-corrected chi connectivity index (χ1v) is 16.9. The van der Waals surface area contributed by atoms with Crippen molar-refractivity contribution in [3.8, 4) is 11.3 Å². The van der Waals surface area contributed by atoms with E-state index in [1.54, 1.807) is 23.3 Å². The number of rotatable bonds is 2. The maximum Gasteiger partial charge on any atom is -0.147 e. The molecule has 0 aliphatic heterocycles. The van der Waals surface area contributed by atoms with E-state index in [2.05, 4.69) is 103 Å². The minimum atomic E-state index is 0. The van der Waals surface area contributed by atoms with E-state index in [1.807, 2.05) is 0 Å². The monoisotopic (exact) mass is 564 g/mol. The van der Waals surface area contributed by atoms with Crippen molar-refractivity contribution >= 4 is 41.0 Å². The van der Waals surface area contributed by atoms with Crippen LogP contribution in [0.25, 0.3) is 22.1 Å². The maximum absolute atomic E-state index is 5.84. The largest absolute Gasteiger partial charge is 0.147 e. The Labute approximate surface area is 222 Å². The summed E-state index contributed by atoms with van der Waals surface area (Å²) in [7, 11) is 0. The average molecular weight is 567 g/mol. The van der Waals surface area contributed by atoms with Gasteiger partial charge >= 0.3 is 41.9 Å². The molecule has 1 heterocycles. The molecule has 0 fully saturated rings. The Balaban J connectivity index is 0.000000547. The van der Waals surface area contributed by atoms with E-state index in [0.29, 0.717) is 5.92 Å². The molecule has 1 nitrogen and oxygen atoms in total. The minimum Gasteiger partial charge on any atom is -0.147 e. The summed E-state index contributed by atoms with van der Waals surface area (Å²) in [6, 6.07) is 14.9. The molecule has 3 aromatic rings. The molecule has 32 heavy (non-hydrogen) atoms. The smallest absolute Gasteiger partial charge is 0.147 e. The normalized spacial score (nSPS) is 14.4. The van der Waals surface area contributed by atoms with Crippen LogP contribution in [0.1, 0.15) is 45.9 Å². The van der Waals surface area contributed by atoms with Crippen LogP contribution in [0.4, 0.5) is 0 Å². The van der Waals surface area contributed by atoms with Gasteiger partial charge in [-0.25, -0.2) is 5.57 Å². The Morgan fingerprint density at radius 3 is 2.12 bits per heavy atom. The molecule has 0 radical (unpaired) electrons. The van der Waals surface area contributed by atoms with Crippen molar-refractivity contribution in [2.75, 3.05) is 0 Å². The van der Waals surface area contributed by atoms with E-state index in [0.717, 1.165) is 17.9 Å². The molecule has 0 spiro atoms. The minimum absolute atomic E-state index is 0. The number of hydrogen-bond donors (Lipinski definition) is 0. The van der Waals surface area contributed by atoms with E-state index >= 15 is 0 Å². The van der Waals surface area contributed by atoms with Crippen LogP contribution < -0.4 is 0 Å². The van der Waals surface area contributed by atoms with Gasteiger partial charge in [-0.15, -0.1) is 66.3 Å². The van der Waals surface area contributed by atoms with Crippen molar-refractivity contribution < 1.29 is 27.8 Å². The molecular weight excluding hydrogens is 531 g/mol. The second-order valence-electron chi connectivity index (χ2n) is 8.26. The van der Waals surface area contributed by atoms with E-state index in [9.17, 15) is 0 Å². The van der Waals surface area contributed by atoms with Gasteiger partial charge in [0.1, 0.15) is 11.5 Å². The number of fused-ring (bicyclic) bond motifs is 1. The zero-order chi connectivity index (χ0) is 22.4. The molecule has 1 aliphatic carbocycles. The molecule has 1 unspecified atom stereocenters. The molecule has 172 valence electrons. The van der Waals surface area contributed by atoms with Gasteiger partial charge in [0.25, 0.3) is 0 Å². The summed E-state index contributed by atoms with van der Waals surface area (Å²) >= 11 is 1.74. The molecule has 0 saturated carbocycles. The molecule has 0 amide bonds. The van der Waals surface area contributed by atoms with Crippen molar-refractivity contribution in [3.05, 3.63) is 76.6 Å². The Morgan fingerprint density at radius 1 is 1.06 bits per heavy atom. The predicted molar refractivity (Wildman–Crippen MR) is 143 cm³/mol. The zero-order valence-corrected chi connectivity index (χ0v) is 25.6. The van der Waals surface area contributed by atoms with Gasteiger partial charge < -0.3 is 4.42 Å². The van der Waals surface area contributed by atoms with Gasteiger partial charge in [0.15, 0.2) is 0 Å². The number of allylic oxidation sites excluding steroid dienone is 4. The fraction of sp³-hybridized carbons (Fsp3) is 0.370. The summed E-state index contributed by atoms with van der Waals surface area (Å²) in [6.45, 7) is 17.5. The van der Waals surface area contributed by atoms with Crippen molar-refractivity contribution in [1.29, 1.82) is 0 Å². The van der Waals surface area contributed by atoms with Gasteiger partial charge in [-0.3, -0.25) is 6.08 Å². The van der Waals surface area contributed by atoms with Crippen LogP contribution in [0.2, 0.25) is 13.1 Å². The van der Waals surface area contributed by atoms with E-state index in [4.69, 9.17) is 4.42 Å². The van der Waals surface area contributed by atoms with Gasteiger partial charge in [0, 0.05) is 6.42 Å². The first-order valence-electron chi connectivity index (χ1n) is 10.7. The number of furan rings is 1. The zero-order valence-electron chi connectivity index (χ0n) is 20.6. The predicted octanol–water partition coefficient (Wildman–Crippen LogP) is 9.04. The summed E-state index contributed by atoms with van der Waals surface area (Å²) in [5.41, 5.74) is 6.95. The molecule has 0 N–H and O–H groups in total. The second kappa shape index (κ2) is 14.5. The Bertz CT molecular complexity index is 1080. The molecule has 5 heteroatoms. The van der Waals surface area contributed by atoms with Crippen molar-refractivity contribution in [1.82, 2.24) is 0 Å². The van der Waals surface area contributed by atoms with Crippen LogP contribution in [0.5, 0.6) is 0 Å². The van der Waals surface area contributed by atoms with E-state index in [-0.39, 0.29) is 30.2 Å². The number of aryl methyl sites for hydroxylation is 2. The molecule has 0 bridgehead atoms. The van der Waals surface area contributed by atoms with Crippen molar-refractivity contribution in [2.24, 2.45) is 5.92 Å². The fourth-order valence-electron chi connectivity index (χ4n) is 3.47. The summed E-state index contributed by atoms with van der Waals surface area (Å²) in [4.78, 5) is 0. The SMILES string of the molecule is CC1=[C-]C(C)C(C)=C1C.CCc1ccc(-c2cccc3[cH-]c(C)cc23)o1.C[Si](C)=[Zr+2].Cl.Cl. The summed E-state index contributed by atoms with van der Waals surface area (Å²) in [5, 5.41) is 2.57. The third-order valence-electron chi connectivity index (χ3n) is 5.41. The molecular formula is C27H36Cl2OSiZr. The molecule has 1 aromatic heterocycles. The van der Waals surface area contributed by atoms with Gasteiger partial charge in [-0.2, -0.15) is 17.2 Å².